The molecule has 3 heterocycles. The minimum atomic E-state index is -0.797. The van der Waals surface area contributed by atoms with E-state index in [1.807, 2.05) is 0 Å². The summed E-state index contributed by atoms with van der Waals surface area (Å²) in [6.07, 6.45) is 3.35. The third-order valence-electron chi connectivity index (χ3n) is 4.89. The Bertz CT molecular complexity index is 750. The third kappa shape index (κ3) is 4.43. The van der Waals surface area contributed by atoms with Gasteiger partial charge in [0.15, 0.2) is 0 Å². The summed E-state index contributed by atoms with van der Waals surface area (Å²) in [5.74, 6) is -0.797. The molecule has 3 rings (SSSR count). The Kier molecular flexibility index (Phi) is 6.29. The Labute approximate surface area is 162 Å². The molecule has 1 saturated heterocycles. The van der Waals surface area contributed by atoms with Gasteiger partial charge in [-0.1, -0.05) is 6.08 Å². The number of carboxylic acids is 1. The van der Waals surface area contributed by atoms with Gasteiger partial charge in [0.1, 0.15) is 0 Å². The number of hydrogen-bond donors (Lipinski definition) is 2. The number of aliphatic hydroxyl groups is 1. The number of carboxylic acid groups (broad SMARTS) is 1. The fourth-order valence-corrected chi connectivity index (χ4v) is 5.62. The van der Waals surface area contributed by atoms with Crippen LogP contribution >= 0.6 is 22.7 Å². The zero-order chi connectivity index (χ0) is 18.7. The molecular weight excluding hydrogens is 366 g/mol. The Morgan fingerprint density at radius 3 is 2.35 bits per heavy atom. The zero-order valence-electron chi connectivity index (χ0n) is 15.1. The Morgan fingerprint density at radius 2 is 1.85 bits per heavy atom. The molecule has 0 radical (unpaired) electrons. The first-order valence-electron chi connectivity index (χ1n) is 8.88. The fourth-order valence-electron chi connectivity index (χ4n) is 3.61. The molecule has 0 aromatic carbocycles. The second kappa shape index (κ2) is 8.48. The topological polar surface area (TPSA) is 60.8 Å². The predicted molar refractivity (Wildman–Crippen MR) is 108 cm³/mol. The van der Waals surface area contributed by atoms with E-state index in [1.54, 1.807) is 22.7 Å². The average molecular weight is 392 g/mol. The molecule has 2 aromatic heterocycles. The van der Waals surface area contributed by atoms with Crippen molar-refractivity contribution in [2.75, 3.05) is 13.1 Å². The van der Waals surface area contributed by atoms with Crippen LogP contribution in [0.4, 0.5) is 0 Å². The summed E-state index contributed by atoms with van der Waals surface area (Å²) in [6, 6.07) is 4.23. The van der Waals surface area contributed by atoms with Crippen molar-refractivity contribution in [2.24, 2.45) is 0 Å². The van der Waals surface area contributed by atoms with Crippen molar-refractivity contribution in [3.05, 3.63) is 49.9 Å². The summed E-state index contributed by atoms with van der Waals surface area (Å²) in [6.45, 7) is 5.62. The summed E-state index contributed by atoms with van der Waals surface area (Å²) >= 11 is 3.53. The number of β-amino-alcohol motifs (C(OH)–C–C–N with tert-alkyl or cyclic N) is 1. The normalized spacial score (nSPS) is 20.4. The lowest BCUT2D eigenvalue weighted by Crippen LogP contribution is -2.32. The minimum absolute atomic E-state index is 0.0636. The van der Waals surface area contributed by atoms with E-state index in [-0.39, 0.29) is 12.5 Å². The smallest absolute Gasteiger partial charge is 0.304 e. The van der Waals surface area contributed by atoms with Crippen LogP contribution < -0.4 is 0 Å². The molecule has 0 bridgehead atoms. The van der Waals surface area contributed by atoms with Crippen LogP contribution in [0.2, 0.25) is 0 Å². The molecule has 0 aliphatic carbocycles. The van der Waals surface area contributed by atoms with Gasteiger partial charge in [0.2, 0.25) is 0 Å². The van der Waals surface area contributed by atoms with Crippen LogP contribution in [-0.4, -0.2) is 46.3 Å². The van der Waals surface area contributed by atoms with E-state index in [4.69, 9.17) is 5.11 Å². The maximum Gasteiger partial charge on any atom is 0.304 e. The highest BCUT2D eigenvalue weighted by Crippen LogP contribution is 2.35. The molecule has 0 spiro atoms. The van der Waals surface area contributed by atoms with E-state index in [2.05, 4.69) is 47.7 Å². The maximum atomic E-state index is 11.1. The van der Waals surface area contributed by atoms with Gasteiger partial charge in [0.05, 0.1) is 12.5 Å². The lowest BCUT2D eigenvalue weighted by Gasteiger charge is -2.22. The van der Waals surface area contributed by atoms with Crippen molar-refractivity contribution in [2.45, 2.75) is 45.3 Å². The van der Waals surface area contributed by atoms with E-state index in [0.717, 1.165) is 13.0 Å². The molecule has 2 atom stereocenters. The van der Waals surface area contributed by atoms with Crippen LogP contribution in [0.1, 0.15) is 40.1 Å². The second-order valence-corrected chi connectivity index (χ2v) is 8.74. The van der Waals surface area contributed by atoms with Gasteiger partial charge in [-0.05, 0) is 60.7 Å². The number of thiophene rings is 2. The molecule has 140 valence electrons. The van der Waals surface area contributed by atoms with E-state index >= 15 is 0 Å². The SMILES string of the molecule is Cc1ccsc1C(=CCCN1C[C@H](O)C[C@@H]1CC(=O)O)c1sccc1C. The molecule has 1 fully saturated rings. The van der Waals surface area contributed by atoms with Crippen molar-refractivity contribution < 1.29 is 15.0 Å². The summed E-state index contributed by atoms with van der Waals surface area (Å²) in [5, 5.41) is 23.3. The molecule has 2 aromatic rings. The highest BCUT2D eigenvalue weighted by molar-refractivity contribution is 7.14. The molecular formula is C20H25NO3S2. The second-order valence-electron chi connectivity index (χ2n) is 6.91. The standard InChI is InChI=1S/C20H25NO3S2/c1-13-5-8-25-19(13)17(20-14(2)6-9-26-20)4-3-7-21-12-16(22)10-15(21)11-18(23)24/h4-6,8-9,15-16,22H,3,7,10-12H2,1-2H3,(H,23,24)/t15-,16-/m1/s1. The zero-order valence-corrected chi connectivity index (χ0v) is 16.8. The lowest BCUT2D eigenvalue weighted by molar-refractivity contribution is -0.138. The largest absolute Gasteiger partial charge is 0.481 e. The third-order valence-corrected chi connectivity index (χ3v) is 6.99. The summed E-state index contributed by atoms with van der Waals surface area (Å²) in [5.41, 5.74) is 3.85. The molecule has 0 unspecified atom stereocenters. The number of aliphatic hydroxyl groups excluding tert-OH is 1. The quantitative estimate of drug-likeness (QED) is 0.744. The number of rotatable bonds is 7. The highest BCUT2D eigenvalue weighted by atomic mass is 32.1. The van der Waals surface area contributed by atoms with Crippen LogP contribution in [0.25, 0.3) is 5.57 Å². The minimum Gasteiger partial charge on any atom is -0.481 e. The van der Waals surface area contributed by atoms with E-state index in [9.17, 15) is 9.90 Å². The number of hydrogen-bond acceptors (Lipinski definition) is 5. The van der Waals surface area contributed by atoms with Gasteiger partial charge in [-0.3, -0.25) is 9.69 Å². The molecule has 0 amide bonds. The molecule has 2 N–H and O–H groups in total. The van der Waals surface area contributed by atoms with Gasteiger partial charge < -0.3 is 10.2 Å². The van der Waals surface area contributed by atoms with Crippen LogP contribution in [0.15, 0.2) is 29.0 Å². The summed E-state index contributed by atoms with van der Waals surface area (Å²) < 4.78 is 0. The average Bonchev–Trinajstić information content (AvgIpc) is 3.26. The molecule has 4 nitrogen and oxygen atoms in total. The summed E-state index contributed by atoms with van der Waals surface area (Å²) in [7, 11) is 0. The first-order chi connectivity index (χ1) is 12.5. The maximum absolute atomic E-state index is 11.1. The first kappa shape index (κ1) is 19.3. The predicted octanol–water partition coefficient (Wildman–Crippen LogP) is 4.16. The molecule has 6 heteroatoms. The Morgan fingerprint density at radius 1 is 1.23 bits per heavy atom. The van der Waals surface area contributed by atoms with Crippen LogP contribution in [0.5, 0.6) is 0 Å². The number of nitrogens with zero attached hydrogens (tertiary/aromatic N) is 1. The van der Waals surface area contributed by atoms with Crippen LogP contribution in [0.3, 0.4) is 0 Å². The van der Waals surface area contributed by atoms with Gasteiger partial charge in [0, 0.05) is 34.5 Å². The van der Waals surface area contributed by atoms with Crippen molar-refractivity contribution in [1.29, 1.82) is 0 Å². The molecule has 26 heavy (non-hydrogen) atoms. The van der Waals surface area contributed by atoms with Gasteiger partial charge in [-0.2, -0.15) is 0 Å². The van der Waals surface area contributed by atoms with Crippen molar-refractivity contribution in [3.8, 4) is 0 Å². The van der Waals surface area contributed by atoms with Crippen molar-refractivity contribution in [3.63, 3.8) is 0 Å². The van der Waals surface area contributed by atoms with Gasteiger partial charge in [0.25, 0.3) is 0 Å². The van der Waals surface area contributed by atoms with Gasteiger partial charge >= 0.3 is 5.97 Å². The number of likely N-dealkylation sites (tertiary alicyclic amines) is 1. The lowest BCUT2D eigenvalue weighted by atomic mass is 10.1. The fraction of sp³-hybridized carbons (Fsp3) is 0.450. The molecule has 0 saturated carbocycles. The van der Waals surface area contributed by atoms with Crippen LogP contribution in [0, 0.1) is 13.8 Å². The number of aliphatic carboxylic acids is 1. The highest BCUT2D eigenvalue weighted by Gasteiger charge is 2.31. The monoisotopic (exact) mass is 391 g/mol. The number of aryl methyl sites for hydroxylation is 2. The van der Waals surface area contributed by atoms with Crippen molar-refractivity contribution in [1.82, 2.24) is 4.90 Å². The first-order valence-corrected chi connectivity index (χ1v) is 10.6. The van der Waals surface area contributed by atoms with E-state index < -0.39 is 12.1 Å². The number of carbonyl (C=O) groups is 1. The van der Waals surface area contributed by atoms with Crippen LogP contribution in [-0.2, 0) is 4.79 Å². The van der Waals surface area contributed by atoms with Crippen molar-refractivity contribution >= 4 is 34.2 Å². The van der Waals surface area contributed by atoms with Gasteiger partial charge in [-0.15, -0.1) is 22.7 Å². The van der Waals surface area contributed by atoms with E-state index in [1.165, 1.54) is 26.5 Å². The summed E-state index contributed by atoms with van der Waals surface area (Å²) in [4.78, 5) is 15.8. The van der Waals surface area contributed by atoms with E-state index in [0.29, 0.717) is 13.0 Å². The van der Waals surface area contributed by atoms with Gasteiger partial charge in [-0.25, -0.2) is 0 Å². The molecule has 1 aliphatic heterocycles. The Balaban J connectivity index is 1.76. The Hall–Kier alpha value is -1.47. The molecule has 1 aliphatic rings.